The fourth-order valence-electron chi connectivity index (χ4n) is 5.86. The second-order valence-corrected chi connectivity index (χ2v) is 12.3. The minimum absolute atomic E-state index is 0.0863. The molecule has 2 heterocycles. The van der Waals surface area contributed by atoms with Crippen molar-refractivity contribution in [1.82, 2.24) is 25.2 Å². The van der Waals surface area contributed by atoms with Gasteiger partial charge in [0.2, 0.25) is 0 Å². The summed E-state index contributed by atoms with van der Waals surface area (Å²) < 4.78 is 63.3. The lowest BCUT2D eigenvalue weighted by Crippen LogP contribution is -2.34. The van der Waals surface area contributed by atoms with Crippen molar-refractivity contribution in [2.24, 2.45) is 11.7 Å². The molecule has 0 unspecified atom stereocenters. The topological polar surface area (TPSA) is 134 Å². The maximum Gasteiger partial charge on any atom is 0.419 e. The van der Waals surface area contributed by atoms with Gasteiger partial charge in [0.1, 0.15) is 11.5 Å². The number of halogens is 4. The van der Waals surface area contributed by atoms with Gasteiger partial charge in [-0.3, -0.25) is 9.98 Å². The third kappa shape index (κ3) is 8.85. The summed E-state index contributed by atoms with van der Waals surface area (Å²) in [6.07, 6.45) is 1.28. The van der Waals surface area contributed by atoms with Gasteiger partial charge in [-0.25, -0.2) is 9.18 Å². The summed E-state index contributed by atoms with van der Waals surface area (Å²) in [6.45, 7) is 3.46. The van der Waals surface area contributed by atoms with E-state index in [1.54, 1.807) is 13.1 Å². The van der Waals surface area contributed by atoms with E-state index in [-0.39, 0.29) is 29.4 Å². The molecule has 1 aliphatic rings. The molecule has 2 aromatic carbocycles. The van der Waals surface area contributed by atoms with Crippen LogP contribution in [0.15, 0.2) is 53.5 Å². The Labute approximate surface area is 270 Å². The normalized spacial score (nSPS) is 14.8. The number of rotatable bonds is 15. The Morgan fingerprint density at radius 3 is 2.57 bits per heavy atom. The van der Waals surface area contributed by atoms with Gasteiger partial charge >= 0.3 is 11.9 Å². The van der Waals surface area contributed by atoms with Crippen molar-refractivity contribution in [2.75, 3.05) is 20.3 Å². The van der Waals surface area contributed by atoms with E-state index in [1.165, 1.54) is 36.7 Å². The second kappa shape index (κ2) is 14.8. The highest BCUT2D eigenvalue weighted by Crippen LogP contribution is 2.38. The maximum atomic E-state index is 15.3. The molecule has 0 amide bonds. The van der Waals surface area contributed by atoms with Gasteiger partial charge in [-0.15, -0.1) is 0 Å². The number of aromatic nitrogens is 3. The first-order valence-corrected chi connectivity index (χ1v) is 15.8. The lowest BCUT2D eigenvalue weighted by molar-refractivity contribution is -0.140. The van der Waals surface area contributed by atoms with Gasteiger partial charge in [0.15, 0.2) is 0 Å². The van der Waals surface area contributed by atoms with E-state index < -0.39 is 23.2 Å². The zero-order valence-electron chi connectivity index (χ0n) is 26.5. The first kappa shape index (κ1) is 34.3. The summed E-state index contributed by atoms with van der Waals surface area (Å²) in [5, 5.41) is 14.7. The monoisotopic (exact) mass is 655 g/mol. The summed E-state index contributed by atoms with van der Waals surface area (Å²) in [7, 11) is 1.52. The number of nitrogens with two attached hydrogens (primary N) is 1. The van der Waals surface area contributed by atoms with Crippen molar-refractivity contribution < 1.29 is 22.3 Å². The molecule has 9 nitrogen and oxygen atoms in total. The molecule has 1 saturated carbocycles. The van der Waals surface area contributed by atoms with Crippen LogP contribution in [0, 0.1) is 17.1 Å². The summed E-state index contributed by atoms with van der Waals surface area (Å²) in [6, 6.07) is 11.3. The smallest absolute Gasteiger partial charge is 0.383 e. The van der Waals surface area contributed by atoms with Crippen LogP contribution in [0.2, 0.25) is 0 Å². The summed E-state index contributed by atoms with van der Waals surface area (Å²) in [4.78, 5) is 19.9. The number of nitrogens with one attached hydrogen (secondary N) is 4. The van der Waals surface area contributed by atoms with E-state index in [0.717, 1.165) is 24.6 Å². The highest BCUT2D eigenvalue weighted by molar-refractivity contribution is 5.83. The van der Waals surface area contributed by atoms with Gasteiger partial charge in [-0.2, -0.15) is 18.2 Å². The highest BCUT2D eigenvalue weighted by Gasteiger charge is 2.36. The molecule has 0 bridgehead atoms. The van der Waals surface area contributed by atoms with Crippen LogP contribution in [0.1, 0.15) is 55.7 Å². The van der Waals surface area contributed by atoms with Crippen molar-refractivity contribution in [1.29, 1.82) is 5.41 Å². The third-order valence-electron chi connectivity index (χ3n) is 8.48. The summed E-state index contributed by atoms with van der Waals surface area (Å²) >= 11 is 0. The molecule has 0 radical (unpaired) electrons. The molecule has 6 N–H and O–H groups in total. The lowest BCUT2D eigenvalue weighted by Gasteiger charge is -2.19. The van der Waals surface area contributed by atoms with Gasteiger partial charge in [0.05, 0.1) is 29.4 Å². The third-order valence-corrected chi connectivity index (χ3v) is 8.48. The van der Waals surface area contributed by atoms with E-state index in [0.29, 0.717) is 60.4 Å². The Morgan fingerprint density at radius 1 is 1.17 bits per heavy atom. The average Bonchev–Trinajstić information content (AvgIpc) is 3.78. The van der Waals surface area contributed by atoms with Crippen molar-refractivity contribution in [3.63, 3.8) is 0 Å². The molecule has 1 aliphatic carbocycles. The van der Waals surface area contributed by atoms with Gasteiger partial charge < -0.3 is 26.1 Å². The average molecular weight is 656 g/mol. The van der Waals surface area contributed by atoms with Crippen LogP contribution in [0.25, 0.3) is 28.0 Å². The van der Waals surface area contributed by atoms with Crippen molar-refractivity contribution in [2.45, 2.75) is 70.3 Å². The van der Waals surface area contributed by atoms with Gasteiger partial charge in [-0.1, -0.05) is 12.1 Å². The zero-order valence-corrected chi connectivity index (χ0v) is 26.5. The van der Waals surface area contributed by atoms with Crippen LogP contribution in [0.5, 0.6) is 0 Å². The van der Waals surface area contributed by atoms with Crippen molar-refractivity contribution in [3.05, 3.63) is 81.7 Å². The number of amidine groups is 1. The van der Waals surface area contributed by atoms with Crippen LogP contribution in [0.3, 0.4) is 0 Å². The Bertz CT molecular complexity index is 1750. The number of nitrogens with zero attached hydrogens (tertiary/aromatic N) is 2. The lowest BCUT2D eigenvalue weighted by atomic mass is 9.98. The Kier molecular flexibility index (Phi) is 10.8. The SMILES string of the molecule is COC[C@H](N)CCCc1cc(-c2cc3cn(-c4ccc(CN[C@H](CCNC(C)=N)C5CC5)cc4)c(=O)nc3[nH]2)c(F)c(C(F)(F)F)c1. The highest BCUT2D eigenvalue weighted by atomic mass is 19.4. The van der Waals surface area contributed by atoms with Crippen LogP contribution in [0.4, 0.5) is 17.6 Å². The first-order valence-electron chi connectivity index (χ1n) is 15.8. The van der Waals surface area contributed by atoms with E-state index in [2.05, 4.69) is 20.6 Å². The van der Waals surface area contributed by atoms with Crippen molar-refractivity contribution in [3.8, 4) is 16.9 Å². The molecule has 2 aromatic heterocycles. The molecule has 0 aliphatic heterocycles. The van der Waals surface area contributed by atoms with E-state index >= 15 is 4.39 Å². The number of hydrogen-bond donors (Lipinski definition) is 5. The van der Waals surface area contributed by atoms with Gasteiger partial charge in [-0.05, 0) is 92.8 Å². The molecular weight excluding hydrogens is 614 g/mol. The number of hydrogen-bond acceptors (Lipinski definition) is 6. The Balaban J connectivity index is 1.35. The molecular formula is C34H41F4N7O2. The first-order chi connectivity index (χ1) is 22.4. The fourth-order valence-corrected chi connectivity index (χ4v) is 5.86. The molecule has 0 spiro atoms. The van der Waals surface area contributed by atoms with Crippen LogP contribution in [-0.2, 0) is 23.9 Å². The molecule has 47 heavy (non-hydrogen) atoms. The predicted molar refractivity (Wildman–Crippen MR) is 174 cm³/mol. The Hall–Kier alpha value is -4.07. The molecule has 0 saturated heterocycles. The number of aryl methyl sites for hydroxylation is 1. The van der Waals surface area contributed by atoms with Crippen LogP contribution < -0.4 is 22.1 Å². The number of fused-ring (bicyclic) bond motifs is 1. The maximum absolute atomic E-state index is 15.3. The largest absolute Gasteiger partial charge is 0.419 e. The van der Waals surface area contributed by atoms with E-state index in [1.807, 2.05) is 24.3 Å². The molecule has 4 aromatic rings. The van der Waals surface area contributed by atoms with E-state index in [4.69, 9.17) is 15.9 Å². The molecule has 13 heteroatoms. The molecule has 5 rings (SSSR count). The predicted octanol–water partition coefficient (Wildman–Crippen LogP) is 5.68. The Morgan fingerprint density at radius 2 is 1.91 bits per heavy atom. The minimum Gasteiger partial charge on any atom is -0.383 e. The summed E-state index contributed by atoms with van der Waals surface area (Å²) in [5.41, 5.74) is 5.92. The molecule has 252 valence electrons. The van der Waals surface area contributed by atoms with Crippen molar-refractivity contribution >= 4 is 16.9 Å². The number of aromatic amines is 1. The van der Waals surface area contributed by atoms with Crippen LogP contribution in [-0.4, -0.2) is 52.7 Å². The molecule has 2 atom stereocenters. The van der Waals surface area contributed by atoms with Gasteiger partial charge in [0, 0.05) is 49.4 Å². The number of alkyl halides is 3. The summed E-state index contributed by atoms with van der Waals surface area (Å²) in [5.74, 6) is -0.295. The minimum atomic E-state index is -4.89. The quantitative estimate of drug-likeness (QED) is 0.0636. The fraction of sp³-hybridized carbons (Fsp3) is 0.441. The second-order valence-electron chi connectivity index (χ2n) is 12.3. The standard InChI is InChI=1S/C34H41F4N7O2/c1-20(39)41-13-12-29(23-8-9-23)42-17-21-6-10-26(11-7-21)45-18-24-16-30(43-32(24)44-33(45)46)27-14-22(4-3-5-25(40)19-47-2)15-28(31(27)35)34(36,37)38/h6-7,10-11,14-16,18,23,25,29,42H,3-5,8-9,12-13,17,19,40H2,1-2H3,(H2,39,41)(H,43,44,46)/t25-,29-/m1/s1. The zero-order chi connectivity index (χ0) is 33.7. The van der Waals surface area contributed by atoms with E-state index in [9.17, 15) is 18.0 Å². The molecule has 1 fully saturated rings. The number of H-pyrrole nitrogens is 1. The van der Waals surface area contributed by atoms with Gasteiger partial charge in [0.25, 0.3) is 0 Å². The number of methoxy groups -OCH3 is 1. The number of ether oxygens (including phenoxy) is 1. The van der Waals surface area contributed by atoms with Crippen LogP contribution >= 0.6 is 0 Å². The number of benzene rings is 2.